The Kier molecular flexibility index (Phi) is 4.98. The van der Waals surface area contributed by atoms with Gasteiger partial charge in [0, 0.05) is 5.56 Å². The summed E-state index contributed by atoms with van der Waals surface area (Å²) in [5, 5.41) is 14.2. The minimum atomic E-state index is -0.393. The Morgan fingerprint density at radius 2 is 1.88 bits per heavy atom. The third kappa shape index (κ3) is 3.97. The van der Waals surface area contributed by atoms with Gasteiger partial charge >= 0.3 is 0 Å². The number of nitrogens with zero attached hydrogens (tertiary/aromatic N) is 4. The highest BCUT2D eigenvalue weighted by molar-refractivity contribution is 5.94. The van der Waals surface area contributed by atoms with Crippen molar-refractivity contribution >= 4 is 5.91 Å². The van der Waals surface area contributed by atoms with Crippen LogP contribution in [0, 0.1) is 5.82 Å². The van der Waals surface area contributed by atoms with Gasteiger partial charge in [0.05, 0.1) is 18.8 Å². The summed E-state index contributed by atoms with van der Waals surface area (Å²) >= 11 is 0. The van der Waals surface area contributed by atoms with Crippen LogP contribution in [0.1, 0.15) is 23.1 Å². The van der Waals surface area contributed by atoms with Crippen LogP contribution in [0.25, 0.3) is 5.69 Å². The molecule has 0 saturated carbocycles. The maximum atomic E-state index is 12.9. The zero-order valence-corrected chi connectivity index (χ0v) is 13.5. The summed E-state index contributed by atoms with van der Waals surface area (Å²) in [7, 11) is 0. The van der Waals surface area contributed by atoms with Gasteiger partial charge in [-0.25, -0.2) is 4.39 Å². The first-order chi connectivity index (χ1) is 12.2. The number of benzene rings is 2. The van der Waals surface area contributed by atoms with Crippen molar-refractivity contribution in [1.29, 1.82) is 0 Å². The Balaban J connectivity index is 1.69. The van der Waals surface area contributed by atoms with Gasteiger partial charge in [-0.3, -0.25) is 4.79 Å². The number of carbonyl (C=O) groups is 1. The van der Waals surface area contributed by atoms with E-state index in [1.807, 2.05) is 31.2 Å². The molecular formula is C17H16FN5O2. The average Bonchev–Trinajstić information content (AvgIpc) is 3.10. The molecule has 0 fully saturated rings. The number of amides is 1. The maximum absolute atomic E-state index is 12.9. The van der Waals surface area contributed by atoms with Crippen LogP contribution >= 0.6 is 0 Å². The lowest BCUT2D eigenvalue weighted by Crippen LogP contribution is -2.24. The maximum Gasteiger partial charge on any atom is 0.251 e. The molecule has 0 atom stereocenters. The Morgan fingerprint density at radius 1 is 1.16 bits per heavy atom. The van der Waals surface area contributed by atoms with E-state index in [0.29, 0.717) is 18.0 Å². The van der Waals surface area contributed by atoms with E-state index in [4.69, 9.17) is 4.74 Å². The molecular weight excluding hydrogens is 325 g/mol. The molecule has 0 aliphatic carbocycles. The van der Waals surface area contributed by atoms with Crippen LogP contribution in [-0.2, 0) is 6.54 Å². The molecule has 1 amide bonds. The van der Waals surface area contributed by atoms with Crippen LogP contribution in [0.4, 0.5) is 4.39 Å². The van der Waals surface area contributed by atoms with Crippen molar-refractivity contribution < 1.29 is 13.9 Å². The van der Waals surface area contributed by atoms with E-state index in [-0.39, 0.29) is 12.5 Å². The van der Waals surface area contributed by atoms with Crippen LogP contribution in [0.3, 0.4) is 0 Å². The molecule has 0 aliphatic heterocycles. The molecule has 1 aromatic heterocycles. The van der Waals surface area contributed by atoms with Gasteiger partial charge < -0.3 is 10.1 Å². The van der Waals surface area contributed by atoms with Crippen molar-refractivity contribution in [3.8, 4) is 11.4 Å². The molecule has 0 spiro atoms. The van der Waals surface area contributed by atoms with Gasteiger partial charge in [0.2, 0.25) is 0 Å². The monoisotopic (exact) mass is 341 g/mol. The summed E-state index contributed by atoms with van der Waals surface area (Å²) in [6.07, 6.45) is 0. The number of ether oxygens (including phenoxy) is 1. The predicted molar refractivity (Wildman–Crippen MR) is 87.9 cm³/mol. The highest BCUT2D eigenvalue weighted by Gasteiger charge is 2.11. The standard InChI is InChI=1S/C17H16FN5O2/c1-2-25-15-9-7-14(8-10-15)23-16(20-21-22-23)11-19-17(24)12-3-5-13(18)6-4-12/h3-10H,2,11H2,1H3,(H,19,24). The highest BCUT2D eigenvalue weighted by atomic mass is 19.1. The van der Waals surface area contributed by atoms with Gasteiger partial charge in [-0.1, -0.05) is 0 Å². The molecule has 0 aliphatic rings. The second kappa shape index (κ2) is 7.52. The van der Waals surface area contributed by atoms with Gasteiger partial charge in [0.1, 0.15) is 11.6 Å². The second-order valence-electron chi connectivity index (χ2n) is 5.12. The van der Waals surface area contributed by atoms with Crippen LogP contribution in [-0.4, -0.2) is 32.7 Å². The van der Waals surface area contributed by atoms with E-state index in [1.165, 1.54) is 28.9 Å². The van der Waals surface area contributed by atoms with Crippen molar-refractivity contribution in [1.82, 2.24) is 25.5 Å². The van der Waals surface area contributed by atoms with Gasteiger partial charge in [-0.05, 0) is 65.9 Å². The fourth-order valence-electron chi connectivity index (χ4n) is 2.23. The van der Waals surface area contributed by atoms with E-state index in [2.05, 4.69) is 20.8 Å². The van der Waals surface area contributed by atoms with E-state index >= 15 is 0 Å². The largest absolute Gasteiger partial charge is 0.494 e. The second-order valence-corrected chi connectivity index (χ2v) is 5.12. The molecule has 0 unspecified atom stereocenters. The molecule has 0 saturated heterocycles. The van der Waals surface area contributed by atoms with Gasteiger partial charge in [0.15, 0.2) is 5.82 Å². The zero-order chi connectivity index (χ0) is 17.6. The number of rotatable bonds is 6. The molecule has 1 heterocycles. The van der Waals surface area contributed by atoms with E-state index in [1.54, 1.807) is 0 Å². The SMILES string of the molecule is CCOc1ccc(-n2nnnc2CNC(=O)c2ccc(F)cc2)cc1. The van der Waals surface area contributed by atoms with Crippen molar-refractivity contribution in [3.63, 3.8) is 0 Å². The zero-order valence-electron chi connectivity index (χ0n) is 13.5. The highest BCUT2D eigenvalue weighted by Crippen LogP contribution is 2.15. The summed E-state index contributed by atoms with van der Waals surface area (Å²) in [4.78, 5) is 12.1. The number of tetrazole rings is 1. The lowest BCUT2D eigenvalue weighted by atomic mass is 10.2. The number of carbonyl (C=O) groups excluding carboxylic acids is 1. The van der Waals surface area contributed by atoms with Gasteiger partial charge in [-0.2, -0.15) is 4.68 Å². The third-order valence-electron chi connectivity index (χ3n) is 3.44. The molecule has 3 aromatic rings. The van der Waals surface area contributed by atoms with Crippen molar-refractivity contribution in [2.24, 2.45) is 0 Å². The first-order valence-electron chi connectivity index (χ1n) is 7.71. The number of aromatic nitrogens is 4. The Morgan fingerprint density at radius 3 is 2.56 bits per heavy atom. The molecule has 8 heteroatoms. The van der Waals surface area contributed by atoms with E-state index in [0.717, 1.165) is 11.4 Å². The fourth-order valence-corrected chi connectivity index (χ4v) is 2.23. The summed E-state index contributed by atoms with van der Waals surface area (Å²) in [5.74, 6) is 0.502. The summed E-state index contributed by atoms with van der Waals surface area (Å²) in [5.41, 5.74) is 1.11. The first kappa shape index (κ1) is 16.6. The lowest BCUT2D eigenvalue weighted by molar-refractivity contribution is 0.0949. The molecule has 3 rings (SSSR count). The summed E-state index contributed by atoms with van der Waals surface area (Å²) in [6.45, 7) is 2.64. The summed E-state index contributed by atoms with van der Waals surface area (Å²) in [6, 6.07) is 12.6. The predicted octanol–water partition coefficient (Wildman–Crippen LogP) is 2.13. The number of halogens is 1. The van der Waals surface area contributed by atoms with Gasteiger partial charge in [-0.15, -0.1) is 5.10 Å². The molecule has 7 nitrogen and oxygen atoms in total. The van der Waals surface area contributed by atoms with Crippen LogP contribution < -0.4 is 10.1 Å². The van der Waals surface area contributed by atoms with Gasteiger partial charge in [0.25, 0.3) is 5.91 Å². The first-order valence-corrected chi connectivity index (χ1v) is 7.71. The molecule has 0 bridgehead atoms. The van der Waals surface area contributed by atoms with Crippen molar-refractivity contribution in [2.75, 3.05) is 6.61 Å². The average molecular weight is 341 g/mol. The lowest BCUT2D eigenvalue weighted by Gasteiger charge is -2.08. The topological polar surface area (TPSA) is 81.9 Å². The molecule has 25 heavy (non-hydrogen) atoms. The van der Waals surface area contributed by atoms with Crippen molar-refractivity contribution in [3.05, 3.63) is 65.7 Å². The smallest absolute Gasteiger partial charge is 0.251 e. The molecule has 128 valence electrons. The Labute approximate surface area is 143 Å². The molecule has 2 aromatic carbocycles. The summed E-state index contributed by atoms with van der Waals surface area (Å²) < 4.78 is 19.8. The minimum absolute atomic E-state index is 0.135. The van der Waals surface area contributed by atoms with Crippen LogP contribution in [0.2, 0.25) is 0 Å². The quantitative estimate of drug-likeness (QED) is 0.743. The fraction of sp³-hybridized carbons (Fsp3) is 0.176. The Hall–Kier alpha value is -3.29. The van der Waals surface area contributed by atoms with E-state index < -0.39 is 5.82 Å². The third-order valence-corrected chi connectivity index (χ3v) is 3.44. The normalized spacial score (nSPS) is 10.5. The van der Waals surface area contributed by atoms with Crippen LogP contribution in [0.15, 0.2) is 48.5 Å². The minimum Gasteiger partial charge on any atom is -0.494 e. The van der Waals surface area contributed by atoms with Crippen molar-refractivity contribution in [2.45, 2.75) is 13.5 Å². The molecule has 0 radical (unpaired) electrons. The number of hydrogen-bond acceptors (Lipinski definition) is 5. The Bertz CT molecular complexity index is 846. The molecule has 1 N–H and O–H groups in total. The van der Waals surface area contributed by atoms with Crippen LogP contribution in [0.5, 0.6) is 5.75 Å². The number of hydrogen-bond donors (Lipinski definition) is 1. The van der Waals surface area contributed by atoms with E-state index in [9.17, 15) is 9.18 Å². The number of nitrogens with one attached hydrogen (secondary N) is 1.